The topological polar surface area (TPSA) is 26.0 Å². The van der Waals surface area contributed by atoms with Gasteiger partial charge in [-0.15, -0.1) is 11.8 Å². The minimum absolute atomic E-state index is 0.677. The van der Waals surface area contributed by atoms with Crippen molar-refractivity contribution < 1.29 is 0 Å². The molecule has 3 heteroatoms. The van der Waals surface area contributed by atoms with Crippen LogP contribution in [0.25, 0.3) is 6.08 Å². The summed E-state index contributed by atoms with van der Waals surface area (Å²) in [6, 6.07) is 15.8. The first-order valence-corrected chi connectivity index (χ1v) is 7.01. The summed E-state index contributed by atoms with van der Waals surface area (Å²) in [7, 11) is 0. The number of nitrogen functional groups attached to an aromatic ring is 1. The van der Waals surface area contributed by atoms with Crippen LogP contribution >= 0.6 is 23.4 Å². The van der Waals surface area contributed by atoms with Crippen molar-refractivity contribution >= 4 is 35.1 Å². The fourth-order valence-corrected chi connectivity index (χ4v) is 2.48. The summed E-state index contributed by atoms with van der Waals surface area (Å²) in [6.45, 7) is 0. The fourth-order valence-electron chi connectivity index (χ4n) is 1.54. The predicted octanol–water partition coefficient (Wildman–Crippen LogP) is 4.73. The molecule has 0 aliphatic rings. The summed E-state index contributed by atoms with van der Waals surface area (Å²) in [6.07, 6.45) is 4.24. The lowest BCUT2D eigenvalue weighted by atomic mass is 10.2. The van der Waals surface area contributed by atoms with Crippen molar-refractivity contribution in [1.82, 2.24) is 0 Å². The van der Waals surface area contributed by atoms with Gasteiger partial charge < -0.3 is 5.73 Å². The molecule has 0 spiro atoms. The Labute approximate surface area is 117 Å². The average Bonchev–Trinajstić information content (AvgIpc) is 2.38. The molecule has 0 bridgehead atoms. The van der Waals surface area contributed by atoms with Crippen LogP contribution in [0.15, 0.2) is 59.5 Å². The molecule has 0 unspecified atom stereocenters. The molecule has 2 N–H and O–H groups in total. The molecule has 1 nitrogen and oxygen atoms in total. The van der Waals surface area contributed by atoms with Gasteiger partial charge in [-0.2, -0.15) is 0 Å². The highest BCUT2D eigenvalue weighted by Gasteiger charge is 1.99. The zero-order valence-electron chi connectivity index (χ0n) is 9.84. The van der Waals surface area contributed by atoms with Gasteiger partial charge in [-0.1, -0.05) is 54.1 Å². The standard InChI is InChI=1S/C15H14ClNS/c16-13-8-9-15(14(17)11-13)18-10-4-7-12-5-2-1-3-6-12/h1-9,11H,10,17H2/b7-4+. The Morgan fingerprint density at radius 1 is 1.11 bits per heavy atom. The van der Waals surface area contributed by atoms with Crippen molar-refractivity contribution in [3.8, 4) is 0 Å². The van der Waals surface area contributed by atoms with Gasteiger partial charge >= 0.3 is 0 Å². The molecule has 18 heavy (non-hydrogen) atoms. The van der Waals surface area contributed by atoms with Gasteiger partial charge in [-0.25, -0.2) is 0 Å². The number of nitrogens with two attached hydrogens (primary N) is 1. The molecule has 0 saturated carbocycles. The lowest BCUT2D eigenvalue weighted by molar-refractivity contribution is 1.46. The molecule has 2 aromatic rings. The second-order valence-corrected chi connectivity index (χ2v) is 5.30. The van der Waals surface area contributed by atoms with Crippen molar-refractivity contribution in [2.75, 3.05) is 11.5 Å². The third-order valence-corrected chi connectivity index (χ3v) is 3.69. The molecule has 0 saturated heterocycles. The van der Waals surface area contributed by atoms with E-state index in [0.29, 0.717) is 5.02 Å². The smallest absolute Gasteiger partial charge is 0.0467 e. The van der Waals surface area contributed by atoms with E-state index in [9.17, 15) is 0 Å². The summed E-state index contributed by atoms with van der Waals surface area (Å²) in [4.78, 5) is 1.07. The van der Waals surface area contributed by atoms with Crippen molar-refractivity contribution in [3.05, 3.63) is 65.2 Å². The van der Waals surface area contributed by atoms with Gasteiger partial charge in [0.15, 0.2) is 0 Å². The summed E-state index contributed by atoms with van der Waals surface area (Å²) < 4.78 is 0. The molecule has 0 aromatic heterocycles. The Bertz CT molecular complexity index is 537. The number of rotatable bonds is 4. The van der Waals surface area contributed by atoms with Gasteiger partial charge in [0.05, 0.1) is 0 Å². The highest BCUT2D eigenvalue weighted by Crippen LogP contribution is 2.27. The summed E-state index contributed by atoms with van der Waals surface area (Å²) in [5.41, 5.74) is 7.83. The highest BCUT2D eigenvalue weighted by molar-refractivity contribution is 7.99. The fraction of sp³-hybridized carbons (Fsp3) is 0.0667. The number of anilines is 1. The van der Waals surface area contributed by atoms with E-state index in [-0.39, 0.29) is 0 Å². The van der Waals surface area contributed by atoms with E-state index in [0.717, 1.165) is 16.3 Å². The molecule has 0 heterocycles. The Morgan fingerprint density at radius 3 is 2.61 bits per heavy atom. The van der Waals surface area contributed by atoms with E-state index in [1.165, 1.54) is 5.56 Å². The Balaban J connectivity index is 1.91. The first-order valence-electron chi connectivity index (χ1n) is 5.65. The Morgan fingerprint density at radius 2 is 1.89 bits per heavy atom. The summed E-state index contributed by atoms with van der Waals surface area (Å²) in [5, 5.41) is 0.677. The summed E-state index contributed by atoms with van der Waals surface area (Å²) >= 11 is 7.56. The monoisotopic (exact) mass is 275 g/mol. The largest absolute Gasteiger partial charge is 0.398 e. The number of benzene rings is 2. The quantitative estimate of drug-likeness (QED) is 0.645. The lowest BCUT2D eigenvalue weighted by Crippen LogP contribution is -1.88. The molecular weight excluding hydrogens is 262 g/mol. The van der Waals surface area contributed by atoms with Gasteiger partial charge in [-0.05, 0) is 23.8 Å². The van der Waals surface area contributed by atoms with Crippen LogP contribution in [0, 0.1) is 0 Å². The second kappa shape index (κ2) is 6.53. The van der Waals surface area contributed by atoms with Gasteiger partial charge in [0.25, 0.3) is 0 Å². The van der Waals surface area contributed by atoms with Crippen LogP contribution in [0.2, 0.25) is 5.02 Å². The maximum absolute atomic E-state index is 5.89. The van der Waals surface area contributed by atoms with Crippen LogP contribution in [0.1, 0.15) is 5.56 Å². The molecule has 0 radical (unpaired) electrons. The lowest BCUT2D eigenvalue weighted by Gasteiger charge is -2.03. The average molecular weight is 276 g/mol. The molecule has 0 atom stereocenters. The third kappa shape index (κ3) is 3.83. The molecule has 0 aliphatic heterocycles. The maximum atomic E-state index is 5.89. The number of halogens is 1. The SMILES string of the molecule is Nc1cc(Cl)ccc1SC/C=C/c1ccccc1. The summed E-state index contributed by atoms with van der Waals surface area (Å²) in [5.74, 6) is 0.890. The van der Waals surface area contributed by atoms with Crippen LogP contribution in [0.5, 0.6) is 0 Å². The van der Waals surface area contributed by atoms with E-state index in [4.69, 9.17) is 17.3 Å². The molecule has 0 fully saturated rings. The molecule has 2 rings (SSSR count). The normalized spacial score (nSPS) is 10.9. The third-order valence-electron chi connectivity index (χ3n) is 2.42. The van der Waals surface area contributed by atoms with Gasteiger partial charge in [0.1, 0.15) is 0 Å². The number of thioether (sulfide) groups is 1. The van der Waals surface area contributed by atoms with Crippen LogP contribution in [0.4, 0.5) is 5.69 Å². The van der Waals surface area contributed by atoms with Crippen molar-refractivity contribution in [1.29, 1.82) is 0 Å². The molecule has 2 aromatic carbocycles. The molecule has 0 aliphatic carbocycles. The first kappa shape index (κ1) is 13.1. The predicted molar refractivity (Wildman–Crippen MR) is 82.1 cm³/mol. The van der Waals surface area contributed by atoms with Crippen molar-refractivity contribution in [2.45, 2.75) is 4.90 Å². The Kier molecular flexibility index (Phi) is 4.73. The minimum atomic E-state index is 0.677. The van der Waals surface area contributed by atoms with Crippen LogP contribution in [0.3, 0.4) is 0 Å². The van der Waals surface area contributed by atoms with E-state index in [2.05, 4.69) is 24.3 Å². The van der Waals surface area contributed by atoms with E-state index in [1.807, 2.05) is 30.3 Å². The van der Waals surface area contributed by atoms with E-state index < -0.39 is 0 Å². The number of hydrogen-bond acceptors (Lipinski definition) is 2. The van der Waals surface area contributed by atoms with Gasteiger partial charge in [0, 0.05) is 21.4 Å². The molecule has 92 valence electrons. The van der Waals surface area contributed by atoms with E-state index >= 15 is 0 Å². The van der Waals surface area contributed by atoms with E-state index in [1.54, 1.807) is 17.8 Å². The Hall–Kier alpha value is -1.38. The zero-order chi connectivity index (χ0) is 12.8. The van der Waals surface area contributed by atoms with Crippen molar-refractivity contribution in [3.63, 3.8) is 0 Å². The maximum Gasteiger partial charge on any atom is 0.0467 e. The van der Waals surface area contributed by atoms with Crippen LogP contribution in [-0.2, 0) is 0 Å². The van der Waals surface area contributed by atoms with Crippen molar-refractivity contribution in [2.24, 2.45) is 0 Å². The molecular formula is C15H14ClNS. The minimum Gasteiger partial charge on any atom is -0.398 e. The van der Waals surface area contributed by atoms with Crippen LogP contribution in [-0.4, -0.2) is 5.75 Å². The highest BCUT2D eigenvalue weighted by atomic mass is 35.5. The second-order valence-electron chi connectivity index (χ2n) is 3.81. The first-order chi connectivity index (χ1) is 8.75. The van der Waals surface area contributed by atoms with Gasteiger partial charge in [-0.3, -0.25) is 0 Å². The number of hydrogen-bond donors (Lipinski definition) is 1. The van der Waals surface area contributed by atoms with Crippen LogP contribution < -0.4 is 5.73 Å². The zero-order valence-corrected chi connectivity index (χ0v) is 11.4. The van der Waals surface area contributed by atoms with Gasteiger partial charge in [0.2, 0.25) is 0 Å². The molecule has 0 amide bonds.